The van der Waals surface area contributed by atoms with Gasteiger partial charge in [0.05, 0.1) is 18.1 Å². The Balaban J connectivity index is 1.69. The molecule has 2 aromatic heterocycles. The van der Waals surface area contributed by atoms with E-state index in [1.807, 2.05) is 19.1 Å². The number of thiazole rings is 1. The molecule has 17 heavy (non-hydrogen) atoms. The fraction of sp³-hybridized carbons (Fsp3) is 0.417. The van der Waals surface area contributed by atoms with E-state index >= 15 is 0 Å². The molecule has 0 unspecified atom stereocenters. The number of hydrogen-bond donors (Lipinski definition) is 2. The van der Waals surface area contributed by atoms with Crippen molar-refractivity contribution in [3.63, 3.8) is 0 Å². The second kappa shape index (κ2) is 5.95. The predicted octanol–water partition coefficient (Wildman–Crippen LogP) is 1.84. The number of aromatic nitrogens is 1. The van der Waals surface area contributed by atoms with E-state index in [2.05, 4.69) is 15.7 Å². The lowest BCUT2D eigenvalue weighted by Crippen LogP contribution is -2.16. The summed E-state index contributed by atoms with van der Waals surface area (Å²) >= 11 is 1.71. The summed E-state index contributed by atoms with van der Waals surface area (Å²) in [6.07, 6.45) is 0.961. The van der Waals surface area contributed by atoms with Crippen LogP contribution in [0.2, 0.25) is 0 Å². The fourth-order valence-electron chi connectivity index (χ4n) is 1.55. The Labute approximate surface area is 105 Å². The van der Waals surface area contributed by atoms with Gasteiger partial charge in [-0.2, -0.15) is 0 Å². The van der Waals surface area contributed by atoms with Gasteiger partial charge < -0.3 is 15.5 Å². The Morgan fingerprint density at radius 3 is 2.88 bits per heavy atom. The summed E-state index contributed by atoms with van der Waals surface area (Å²) in [5.74, 6) is 1.76. The molecule has 92 valence electrons. The number of rotatable bonds is 6. The lowest BCUT2D eigenvalue weighted by Gasteiger charge is -2.00. The van der Waals surface area contributed by atoms with Crippen LogP contribution in [-0.2, 0) is 19.5 Å². The van der Waals surface area contributed by atoms with Gasteiger partial charge in [0.2, 0.25) is 0 Å². The van der Waals surface area contributed by atoms with Crippen LogP contribution in [0.4, 0.5) is 0 Å². The third-order valence-electron chi connectivity index (χ3n) is 2.40. The summed E-state index contributed by atoms with van der Waals surface area (Å²) in [7, 11) is 0. The molecule has 0 saturated heterocycles. The van der Waals surface area contributed by atoms with E-state index in [9.17, 15) is 0 Å². The van der Waals surface area contributed by atoms with Crippen LogP contribution in [0, 0.1) is 6.92 Å². The van der Waals surface area contributed by atoms with Crippen LogP contribution in [0.5, 0.6) is 0 Å². The highest BCUT2D eigenvalue weighted by molar-refractivity contribution is 7.09. The third kappa shape index (κ3) is 3.66. The summed E-state index contributed by atoms with van der Waals surface area (Å²) in [6, 6.07) is 3.88. The van der Waals surface area contributed by atoms with Gasteiger partial charge in [-0.15, -0.1) is 11.3 Å². The van der Waals surface area contributed by atoms with Gasteiger partial charge in [-0.3, -0.25) is 0 Å². The SMILES string of the molecule is Cc1csc(CCNCc2ccc(CN)o2)n1. The van der Waals surface area contributed by atoms with Gasteiger partial charge in [0.15, 0.2) is 0 Å². The first-order chi connectivity index (χ1) is 8.28. The van der Waals surface area contributed by atoms with E-state index in [1.54, 1.807) is 11.3 Å². The summed E-state index contributed by atoms with van der Waals surface area (Å²) in [6.45, 7) is 4.12. The topological polar surface area (TPSA) is 64.1 Å². The zero-order valence-corrected chi connectivity index (χ0v) is 10.7. The number of nitrogens with two attached hydrogens (primary N) is 1. The van der Waals surface area contributed by atoms with Crippen molar-refractivity contribution in [2.45, 2.75) is 26.4 Å². The van der Waals surface area contributed by atoms with Crippen molar-refractivity contribution in [1.29, 1.82) is 0 Å². The minimum absolute atomic E-state index is 0.457. The Kier molecular flexibility index (Phi) is 4.30. The van der Waals surface area contributed by atoms with E-state index in [-0.39, 0.29) is 0 Å². The quantitative estimate of drug-likeness (QED) is 0.769. The monoisotopic (exact) mass is 251 g/mol. The highest BCUT2D eigenvalue weighted by atomic mass is 32.1. The molecule has 2 aromatic rings. The Morgan fingerprint density at radius 1 is 1.41 bits per heavy atom. The van der Waals surface area contributed by atoms with E-state index in [0.29, 0.717) is 6.54 Å². The van der Waals surface area contributed by atoms with Gasteiger partial charge in [-0.05, 0) is 19.1 Å². The molecule has 0 saturated carbocycles. The molecule has 5 heteroatoms. The lowest BCUT2D eigenvalue weighted by atomic mass is 10.4. The lowest BCUT2D eigenvalue weighted by molar-refractivity contribution is 0.449. The largest absolute Gasteiger partial charge is 0.463 e. The van der Waals surface area contributed by atoms with Crippen LogP contribution in [0.3, 0.4) is 0 Å². The minimum Gasteiger partial charge on any atom is -0.463 e. The molecule has 0 aromatic carbocycles. The number of nitrogens with zero attached hydrogens (tertiary/aromatic N) is 1. The smallest absolute Gasteiger partial charge is 0.118 e. The molecule has 0 fully saturated rings. The van der Waals surface area contributed by atoms with Crippen LogP contribution in [0.15, 0.2) is 21.9 Å². The van der Waals surface area contributed by atoms with Crippen molar-refractivity contribution in [1.82, 2.24) is 10.3 Å². The zero-order valence-electron chi connectivity index (χ0n) is 9.90. The number of hydrogen-bond acceptors (Lipinski definition) is 5. The second-order valence-corrected chi connectivity index (χ2v) is 4.82. The molecule has 0 aliphatic rings. The molecule has 0 amide bonds. The fourth-order valence-corrected chi connectivity index (χ4v) is 2.33. The molecule has 2 rings (SSSR count). The molecular formula is C12H17N3OS. The van der Waals surface area contributed by atoms with Gasteiger partial charge in [0, 0.05) is 24.0 Å². The summed E-state index contributed by atoms with van der Waals surface area (Å²) in [4.78, 5) is 4.41. The van der Waals surface area contributed by atoms with Crippen molar-refractivity contribution in [3.05, 3.63) is 39.7 Å². The van der Waals surface area contributed by atoms with Crippen LogP contribution >= 0.6 is 11.3 Å². The number of nitrogens with one attached hydrogen (secondary N) is 1. The van der Waals surface area contributed by atoms with Crippen LogP contribution in [-0.4, -0.2) is 11.5 Å². The summed E-state index contributed by atoms with van der Waals surface area (Å²) in [5, 5.41) is 6.59. The van der Waals surface area contributed by atoms with Crippen molar-refractivity contribution in [3.8, 4) is 0 Å². The molecule has 3 N–H and O–H groups in total. The highest BCUT2D eigenvalue weighted by Crippen LogP contribution is 2.09. The molecule has 0 aliphatic heterocycles. The van der Waals surface area contributed by atoms with Crippen molar-refractivity contribution in [2.24, 2.45) is 5.73 Å². The first-order valence-corrected chi connectivity index (χ1v) is 6.55. The van der Waals surface area contributed by atoms with E-state index in [4.69, 9.17) is 10.2 Å². The maximum absolute atomic E-state index is 5.49. The number of aryl methyl sites for hydroxylation is 1. The normalized spacial score (nSPS) is 10.9. The number of furan rings is 1. The first kappa shape index (κ1) is 12.3. The average Bonchev–Trinajstić information content (AvgIpc) is 2.93. The standard InChI is InChI=1S/C12H17N3OS/c1-9-8-17-12(15-9)4-5-14-7-11-3-2-10(6-13)16-11/h2-3,8,14H,4-7,13H2,1H3. The van der Waals surface area contributed by atoms with Crippen molar-refractivity contribution < 1.29 is 4.42 Å². The van der Waals surface area contributed by atoms with Gasteiger partial charge >= 0.3 is 0 Å². The van der Waals surface area contributed by atoms with Gasteiger partial charge in [0.25, 0.3) is 0 Å². The van der Waals surface area contributed by atoms with E-state index in [1.165, 1.54) is 5.01 Å². The highest BCUT2D eigenvalue weighted by Gasteiger charge is 2.01. The average molecular weight is 251 g/mol. The van der Waals surface area contributed by atoms with Crippen LogP contribution in [0.25, 0.3) is 0 Å². The van der Waals surface area contributed by atoms with Crippen LogP contribution < -0.4 is 11.1 Å². The second-order valence-electron chi connectivity index (χ2n) is 3.88. The Bertz CT molecular complexity index is 464. The minimum atomic E-state index is 0.457. The Morgan fingerprint density at radius 2 is 2.24 bits per heavy atom. The molecule has 2 heterocycles. The summed E-state index contributed by atoms with van der Waals surface area (Å²) < 4.78 is 5.49. The summed E-state index contributed by atoms with van der Waals surface area (Å²) in [5.41, 5.74) is 6.58. The maximum atomic E-state index is 5.49. The van der Waals surface area contributed by atoms with Crippen LogP contribution in [0.1, 0.15) is 22.2 Å². The molecule has 0 aliphatic carbocycles. The van der Waals surface area contributed by atoms with E-state index < -0.39 is 0 Å². The molecule has 0 spiro atoms. The third-order valence-corrected chi connectivity index (χ3v) is 3.43. The molecule has 0 atom stereocenters. The van der Waals surface area contributed by atoms with Crippen molar-refractivity contribution >= 4 is 11.3 Å². The van der Waals surface area contributed by atoms with E-state index in [0.717, 1.165) is 36.7 Å². The molecule has 0 bridgehead atoms. The Hall–Kier alpha value is -1.17. The van der Waals surface area contributed by atoms with Gasteiger partial charge in [0.1, 0.15) is 11.5 Å². The molecule has 0 radical (unpaired) electrons. The predicted molar refractivity (Wildman–Crippen MR) is 68.9 cm³/mol. The molecular weight excluding hydrogens is 234 g/mol. The zero-order chi connectivity index (χ0) is 12.1. The van der Waals surface area contributed by atoms with Gasteiger partial charge in [-0.25, -0.2) is 4.98 Å². The van der Waals surface area contributed by atoms with Gasteiger partial charge in [-0.1, -0.05) is 0 Å². The first-order valence-electron chi connectivity index (χ1n) is 5.67. The van der Waals surface area contributed by atoms with Crippen molar-refractivity contribution in [2.75, 3.05) is 6.54 Å². The maximum Gasteiger partial charge on any atom is 0.118 e. The molecule has 4 nitrogen and oxygen atoms in total.